The van der Waals surface area contributed by atoms with Gasteiger partial charge in [-0.1, -0.05) is 53.6 Å². The van der Waals surface area contributed by atoms with Gasteiger partial charge < -0.3 is 0 Å². The Bertz CT molecular complexity index is 766. The van der Waals surface area contributed by atoms with Crippen LogP contribution in [0.5, 0.6) is 0 Å². The van der Waals surface area contributed by atoms with E-state index in [1.54, 1.807) is 18.3 Å². The second-order valence-corrected chi connectivity index (χ2v) is 7.32. The van der Waals surface area contributed by atoms with E-state index in [0.717, 1.165) is 38.3 Å². The average molecular weight is 385 g/mol. The molecule has 0 saturated carbocycles. The third kappa shape index (κ3) is 6.47. The zero-order chi connectivity index (χ0) is 19.1. The lowest BCUT2D eigenvalue weighted by Crippen LogP contribution is -2.48. The number of piperazine rings is 1. The molecule has 0 radical (unpaired) electrons. The normalized spacial score (nSPS) is 15.9. The van der Waals surface area contributed by atoms with Crippen molar-refractivity contribution in [3.63, 3.8) is 0 Å². The summed E-state index contributed by atoms with van der Waals surface area (Å²) in [5.74, 6) is -0.0906. The summed E-state index contributed by atoms with van der Waals surface area (Å²) in [5, 5.41) is 4.69. The van der Waals surface area contributed by atoms with E-state index in [0.29, 0.717) is 11.6 Å². The third-order valence-corrected chi connectivity index (χ3v) is 4.88. The number of hydrogen-bond donors (Lipinski definition) is 1. The lowest BCUT2D eigenvalue weighted by atomic mass is 10.1. The summed E-state index contributed by atoms with van der Waals surface area (Å²) in [6, 6.07) is 16.0. The van der Waals surface area contributed by atoms with E-state index in [9.17, 15) is 4.79 Å². The van der Waals surface area contributed by atoms with Crippen molar-refractivity contribution in [2.75, 3.05) is 32.7 Å². The van der Waals surface area contributed by atoms with Crippen LogP contribution in [0.15, 0.2) is 53.6 Å². The van der Waals surface area contributed by atoms with Gasteiger partial charge in [0.25, 0.3) is 5.91 Å². The van der Waals surface area contributed by atoms with Gasteiger partial charge in [-0.05, 0) is 30.2 Å². The first-order valence-electron chi connectivity index (χ1n) is 9.16. The van der Waals surface area contributed by atoms with Crippen LogP contribution in [0.25, 0.3) is 0 Å². The molecule has 1 amide bonds. The molecule has 3 rings (SSSR count). The van der Waals surface area contributed by atoms with Gasteiger partial charge in [-0.3, -0.25) is 14.6 Å². The van der Waals surface area contributed by atoms with Crippen molar-refractivity contribution in [1.82, 2.24) is 15.2 Å². The molecule has 5 nitrogen and oxygen atoms in total. The maximum Gasteiger partial charge on any atom is 0.254 e. The lowest BCUT2D eigenvalue weighted by Gasteiger charge is -2.34. The Hall–Kier alpha value is -2.21. The predicted octanol–water partition coefficient (Wildman–Crippen LogP) is 2.92. The molecule has 1 saturated heterocycles. The summed E-state index contributed by atoms with van der Waals surface area (Å²) in [7, 11) is 0. The van der Waals surface area contributed by atoms with Gasteiger partial charge in [-0.2, -0.15) is 5.10 Å². The molecule has 2 aromatic carbocycles. The molecule has 1 heterocycles. The summed E-state index contributed by atoms with van der Waals surface area (Å²) < 4.78 is 0. The van der Waals surface area contributed by atoms with Crippen molar-refractivity contribution in [2.45, 2.75) is 13.5 Å². The minimum atomic E-state index is -0.0906. The first kappa shape index (κ1) is 19.5. The lowest BCUT2D eigenvalue weighted by molar-refractivity contribution is -0.122. The van der Waals surface area contributed by atoms with Crippen LogP contribution in [0.4, 0.5) is 0 Å². The van der Waals surface area contributed by atoms with Crippen molar-refractivity contribution in [3.05, 3.63) is 70.2 Å². The van der Waals surface area contributed by atoms with Crippen molar-refractivity contribution in [2.24, 2.45) is 5.10 Å². The van der Waals surface area contributed by atoms with E-state index in [-0.39, 0.29) is 5.91 Å². The highest BCUT2D eigenvalue weighted by molar-refractivity contribution is 6.30. The molecule has 1 N–H and O–H groups in total. The van der Waals surface area contributed by atoms with Gasteiger partial charge in [0, 0.05) is 37.7 Å². The van der Waals surface area contributed by atoms with Crippen molar-refractivity contribution in [1.29, 1.82) is 0 Å². The molecule has 1 aliphatic heterocycles. The fraction of sp³-hybridized carbons (Fsp3) is 0.333. The molecule has 0 atom stereocenters. The SMILES string of the molecule is Cc1ccc(CN2CCN(CC(=O)NN=Cc3ccc(Cl)cc3)CC2)cc1. The largest absolute Gasteiger partial charge is 0.297 e. The van der Waals surface area contributed by atoms with Crippen molar-refractivity contribution < 1.29 is 4.79 Å². The van der Waals surface area contributed by atoms with E-state index in [1.165, 1.54) is 11.1 Å². The summed E-state index contributed by atoms with van der Waals surface area (Å²) in [5.41, 5.74) is 6.11. The van der Waals surface area contributed by atoms with Crippen LogP contribution in [-0.2, 0) is 11.3 Å². The van der Waals surface area contributed by atoms with E-state index in [4.69, 9.17) is 11.6 Å². The van der Waals surface area contributed by atoms with Gasteiger partial charge in [-0.15, -0.1) is 0 Å². The summed E-state index contributed by atoms with van der Waals surface area (Å²) in [6.45, 7) is 7.15. The number of rotatable bonds is 6. The highest BCUT2D eigenvalue weighted by atomic mass is 35.5. The number of hydrogen-bond acceptors (Lipinski definition) is 4. The standard InChI is InChI=1S/C21H25ClN4O/c1-17-2-4-19(5-3-17)15-25-10-12-26(13-11-25)16-21(27)24-23-14-18-6-8-20(22)9-7-18/h2-9,14H,10-13,15-16H2,1H3,(H,24,27). The number of carbonyl (C=O) groups is 1. The number of nitrogens with one attached hydrogen (secondary N) is 1. The fourth-order valence-electron chi connectivity index (χ4n) is 3.02. The van der Waals surface area contributed by atoms with E-state index in [1.807, 2.05) is 12.1 Å². The number of nitrogens with zero attached hydrogens (tertiary/aromatic N) is 3. The van der Waals surface area contributed by atoms with Gasteiger partial charge in [0.05, 0.1) is 12.8 Å². The Labute approximate surface area is 165 Å². The molecule has 1 aliphatic rings. The van der Waals surface area contributed by atoms with Gasteiger partial charge in [0.2, 0.25) is 0 Å². The third-order valence-electron chi connectivity index (χ3n) is 4.63. The van der Waals surface area contributed by atoms with E-state index >= 15 is 0 Å². The van der Waals surface area contributed by atoms with Gasteiger partial charge >= 0.3 is 0 Å². The van der Waals surface area contributed by atoms with Gasteiger partial charge in [0.15, 0.2) is 0 Å². The van der Waals surface area contributed by atoms with Gasteiger partial charge in [0.1, 0.15) is 0 Å². The molecule has 27 heavy (non-hydrogen) atoms. The van der Waals surface area contributed by atoms with Crippen LogP contribution in [-0.4, -0.2) is 54.6 Å². The zero-order valence-electron chi connectivity index (χ0n) is 15.6. The second-order valence-electron chi connectivity index (χ2n) is 6.88. The van der Waals surface area contributed by atoms with Crippen LogP contribution in [0.2, 0.25) is 5.02 Å². The van der Waals surface area contributed by atoms with Crippen LogP contribution >= 0.6 is 11.6 Å². The Morgan fingerprint density at radius 2 is 1.67 bits per heavy atom. The molecule has 0 aromatic heterocycles. The highest BCUT2D eigenvalue weighted by Crippen LogP contribution is 2.10. The van der Waals surface area contributed by atoms with Crippen LogP contribution in [0.1, 0.15) is 16.7 Å². The number of carbonyl (C=O) groups excluding carboxylic acids is 1. The Kier molecular flexibility index (Phi) is 6.98. The van der Waals surface area contributed by atoms with Crippen LogP contribution in [0.3, 0.4) is 0 Å². The Morgan fingerprint density at radius 3 is 2.33 bits per heavy atom. The summed E-state index contributed by atoms with van der Waals surface area (Å²) >= 11 is 5.84. The number of halogens is 1. The molecule has 0 unspecified atom stereocenters. The summed E-state index contributed by atoms with van der Waals surface area (Å²) in [6.07, 6.45) is 1.62. The molecule has 0 spiro atoms. The first-order valence-corrected chi connectivity index (χ1v) is 9.54. The molecule has 0 aliphatic carbocycles. The molecule has 1 fully saturated rings. The fourth-order valence-corrected chi connectivity index (χ4v) is 3.15. The van der Waals surface area contributed by atoms with Crippen molar-refractivity contribution in [3.8, 4) is 0 Å². The topological polar surface area (TPSA) is 47.9 Å². The van der Waals surface area contributed by atoms with Crippen LogP contribution < -0.4 is 5.43 Å². The molecule has 142 valence electrons. The Morgan fingerprint density at radius 1 is 1.04 bits per heavy atom. The number of aryl methyl sites for hydroxylation is 1. The van der Waals surface area contributed by atoms with Crippen molar-refractivity contribution >= 4 is 23.7 Å². The number of hydrazone groups is 1. The number of benzene rings is 2. The Balaban J connectivity index is 1.37. The molecular weight excluding hydrogens is 360 g/mol. The van der Waals surface area contributed by atoms with E-state index in [2.05, 4.69) is 51.5 Å². The number of amides is 1. The molecular formula is C21H25ClN4O. The average Bonchev–Trinajstić information content (AvgIpc) is 2.67. The van der Waals surface area contributed by atoms with E-state index < -0.39 is 0 Å². The quantitative estimate of drug-likeness (QED) is 0.615. The maximum atomic E-state index is 12.1. The monoisotopic (exact) mass is 384 g/mol. The molecule has 0 bridgehead atoms. The summed E-state index contributed by atoms with van der Waals surface area (Å²) in [4.78, 5) is 16.7. The second kappa shape index (κ2) is 9.65. The minimum absolute atomic E-state index is 0.0906. The molecule has 2 aromatic rings. The minimum Gasteiger partial charge on any atom is -0.297 e. The first-order chi connectivity index (χ1) is 13.1. The maximum absolute atomic E-state index is 12.1. The highest BCUT2D eigenvalue weighted by Gasteiger charge is 2.18. The molecule has 6 heteroatoms. The zero-order valence-corrected chi connectivity index (χ0v) is 16.3. The smallest absolute Gasteiger partial charge is 0.254 e. The van der Waals surface area contributed by atoms with Gasteiger partial charge in [-0.25, -0.2) is 5.43 Å². The van der Waals surface area contributed by atoms with Crippen LogP contribution in [0, 0.1) is 6.92 Å². The predicted molar refractivity (Wildman–Crippen MR) is 110 cm³/mol.